The average molecular weight is 430 g/mol. The Hall–Kier alpha value is -2.49. The van der Waals surface area contributed by atoms with Crippen molar-refractivity contribution in [1.29, 1.82) is 0 Å². The zero-order valence-electron chi connectivity index (χ0n) is 17.2. The number of fused-ring (bicyclic) bond motifs is 1. The molecule has 3 N–H and O–H groups in total. The van der Waals surface area contributed by atoms with E-state index in [2.05, 4.69) is 28.1 Å². The summed E-state index contributed by atoms with van der Waals surface area (Å²) in [6, 6.07) is 7.74. The van der Waals surface area contributed by atoms with Crippen LogP contribution >= 0.6 is 11.3 Å². The molecule has 4 rings (SSSR count). The van der Waals surface area contributed by atoms with Crippen molar-refractivity contribution in [3.63, 3.8) is 0 Å². The van der Waals surface area contributed by atoms with Crippen LogP contribution in [0.2, 0.25) is 0 Å². The van der Waals surface area contributed by atoms with Gasteiger partial charge in [-0.3, -0.25) is 15.0 Å². The van der Waals surface area contributed by atoms with Crippen molar-refractivity contribution in [3.05, 3.63) is 45.4 Å². The zero-order valence-corrected chi connectivity index (χ0v) is 18.1. The Morgan fingerprint density at radius 3 is 2.70 bits per heavy atom. The minimum atomic E-state index is -0.164. The van der Waals surface area contributed by atoms with E-state index in [-0.39, 0.29) is 17.9 Å². The van der Waals surface area contributed by atoms with Gasteiger partial charge in [-0.05, 0) is 31.0 Å². The molecule has 2 aromatic rings. The number of rotatable bonds is 5. The molecule has 0 radical (unpaired) electrons. The van der Waals surface area contributed by atoms with Gasteiger partial charge in [-0.1, -0.05) is 12.1 Å². The molecule has 2 aliphatic rings. The van der Waals surface area contributed by atoms with E-state index >= 15 is 0 Å². The normalized spacial score (nSPS) is 21.1. The minimum absolute atomic E-state index is 0.138. The van der Waals surface area contributed by atoms with E-state index in [1.165, 1.54) is 11.3 Å². The molecule has 2 atom stereocenters. The van der Waals surface area contributed by atoms with Crippen LogP contribution in [0, 0.1) is 0 Å². The second kappa shape index (κ2) is 9.11. The summed E-state index contributed by atoms with van der Waals surface area (Å²) in [5.41, 5.74) is 8.13. The Morgan fingerprint density at radius 2 is 2.00 bits per heavy atom. The highest BCUT2D eigenvalue weighted by atomic mass is 32.1. The number of carbonyl (C=O) groups excluding carboxylic acids is 2. The second-order valence-electron chi connectivity index (χ2n) is 7.72. The number of benzene rings is 1. The SMILES string of the molecule is COc1ccc(CNC(=O)c2nc3c(s2)CCN(C(=O)C2CC(C)NN2)CC3)cc1. The average Bonchev–Trinajstić information content (AvgIpc) is 3.33. The third kappa shape index (κ3) is 4.63. The predicted octanol–water partition coefficient (Wildman–Crippen LogP) is 1.26. The van der Waals surface area contributed by atoms with Crippen LogP contribution in [0.15, 0.2) is 24.3 Å². The Balaban J connectivity index is 1.32. The van der Waals surface area contributed by atoms with Gasteiger partial charge in [-0.15, -0.1) is 11.3 Å². The molecule has 0 bridgehead atoms. The van der Waals surface area contributed by atoms with E-state index < -0.39 is 0 Å². The van der Waals surface area contributed by atoms with Crippen molar-refractivity contribution in [2.45, 2.75) is 44.8 Å². The molecule has 0 spiro atoms. The van der Waals surface area contributed by atoms with Gasteiger partial charge in [0, 0.05) is 43.4 Å². The summed E-state index contributed by atoms with van der Waals surface area (Å²) in [6.07, 6.45) is 2.22. The first kappa shape index (κ1) is 20.8. The molecule has 3 heterocycles. The summed E-state index contributed by atoms with van der Waals surface area (Å²) < 4.78 is 5.15. The molecule has 30 heavy (non-hydrogen) atoms. The monoisotopic (exact) mass is 429 g/mol. The van der Waals surface area contributed by atoms with Crippen LogP contribution in [0.25, 0.3) is 0 Å². The lowest BCUT2D eigenvalue weighted by atomic mass is 10.1. The van der Waals surface area contributed by atoms with Crippen molar-refractivity contribution in [3.8, 4) is 5.75 Å². The van der Waals surface area contributed by atoms with Gasteiger partial charge in [0.05, 0.1) is 12.8 Å². The van der Waals surface area contributed by atoms with Crippen molar-refractivity contribution < 1.29 is 14.3 Å². The largest absolute Gasteiger partial charge is 0.497 e. The number of carbonyl (C=O) groups is 2. The van der Waals surface area contributed by atoms with Crippen LogP contribution < -0.4 is 20.9 Å². The van der Waals surface area contributed by atoms with Gasteiger partial charge in [0.15, 0.2) is 5.01 Å². The number of hydrogen-bond donors (Lipinski definition) is 3. The highest BCUT2D eigenvalue weighted by Crippen LogP contribution is 2.24. The summed E-state index contributed by atoms with van der Waals surface area (Å²) in [4.78, 5) is 32.9. The van der Waals surface area contributed by atoms with E-state index in [1.807, 2.05) is 29.2 Å². The summed E-state index contributed by atoms with van der Waals surface area (Å²) in [6.45, 7) is 3.80. The number of hydrazine groups is 1. The number of ether oxygens (including phenoxy) is 1. The Kier molecular flexibility index (Phi) is 6.31. The van der Waals surface area contributed by atoms with Crippen LogP contribution in [0.3, 0.4) is 0 Å². The molecule has 2 aliphatic heterocycles. The molecular weight excluding hydrogens is 402 g/mol. The first-order valence-electron chi connectivity index (χ1n) is 10.2. The summed E-state index contributed by atoms with van der Waals surface area (Å²) in [5.74, 6) is 0.766. The maximum Gasteiger partial charge on any atom is 0.280 e. The molecule has 0 saturated carbocycles. The lowest BCUT2D eigenvalue weighted by Gasteiger charge is -2.23. The third-order valence-electron chi connectivity index (χ3n) is 5.51. The summed E-state index contributed by atoms with van der Waals surface area (Å²) in [5, 5.41) is 3.42. The van der Waals surface area contributed by atoms with E-state index in [1.54, 1.807) is 7.11 Å². The fourth-order valence-corrected chi connectivity index (χ4v) is 4.79. The predicted molar refractivity (Wildman–Crippen MR) is 114 cm³/mol. The van der Waals surface area contributed by atoms with Crippen molar-refractivity contribution in [2.24, 2.45) is 0 Å². The first-order valence-corrected chi connectivity index (χ1v) is 11.0. The highest BCUT2D eigenvalue weighted by Gasteiger charge is 2.31. The van der Waals surface area contributed by atoms with E-state index in [0.29, 0.717) is 37.1 Å². The molecular formula is C21H27N5O3S. The van der Waals surface area contributed by atoms with Crippen LogP contribution in [-0.4, -0.2) is 54.0 Å². The maximum atomic E-state index is 12.7. The van der Waals surface area contributed by atoms with Crippen molar-refractivity contribution >= 4 is 23.2 Å². The number of aromatic nitrogens is 1. The molecule has 160 valence electrons. The van der Waals surface area contributed by atoms with Crippen LogP contribution in [0.1, 0.15) is 39.3 Å². The molecule has 1 aromatic carbocycles. The maximum absolute atomic E-state index is 12.7. The lowest BCUT2D eigenvalue weighted by Crippen LogP contribution is -2.46. The van der Waals surface area contributed by atoms with Gasteiger partial charge >= 0.3 is 0 Å². The van der Waals surface area contributed by atoms with Gasteiger partial charge in [0.1, 0.15) is 11.8 Å². The second-order valence-corrected chi connectivity index (χ2v) is 8.81. The quantitative estimate of drug-likeness (QED) is 0.663. The molecule has 1 aromatic heterocycles. The van der Waals surface area contributed by atoms with Gasteiger partial charge < -0.3 is 15.0 Å². The van der Waals surface area contributed by atoms with Gasteiger partial charge in [-0.2, -0.15) is 0 Å². The molecule has 1 fully saturated rings. The smallest absolute Gasteiger partial charge is 0.280 e. The van der Waals surface area contributed by atoms with Crippen molar-refractivity contribution in [1.82, 2.24) is 26.1 Å². The standard InChI is InChI=1S/C21H27N5O3S/c1-13-11-17(25-24-13)21(28)26-9-7-16-18(8-10-26)30-20(23-16)19(27)22-12-14-3-5-15(29-2)6-4-14/h3-6,13,17,24-25H,7-12H2,1-2H3,(H,22,27). The van der Waals surface area contributed by atoms with Gasteiger partial charge in [0.25, 0.3) is 5.91 Å². The topological polar surface area (TPSA) is 95.6 Å². The lowest BCUT2D eigenvalue weighted by molar-refractivity contribution is -0.133. The number of thiazole rings is 1. The molecule has 9 heteroatoms. The number of nitrogens with zero attached hydrogens (tertiary/aromatic N) is 2. The van der Waals surface area contributed by atoms with Gasteiger partial charge in [0.2, 0.25) is 5.91 Å². The van der Waals surface area contributed by atoms with Crippen LogP contribution in [0.5, 0.6) is 5.75 Å². The number of nitrogens with one attached hydrogen (secondary N) is 3. The number of hydrogen-bond acceptors (Lipinski definition) is 7. The number of methoxy groups -OCH3 is 1. The molecule has 8 nitrogen and oxygen atoms in total. The first-order chi connectivity index (χ1) is 14.5. The molecule has 1 saturated heterocycles. The summed E-state index contributed by atoms with van der Waals surface area (Å²) in [7, 11) is 1.63. The van der Waals surface area contributed by atoms with Gasteiger partial charge in [-0.25, -0.2) is 10.4 Å². The van der Waals surface area contributed by atoms with Crippen LogP contribution in [0.4, 0.5) is 0 Å². The van der Waals surface area contributed by atoms with E-state index in [0.717, 1.165) is 34.7 Å². The fourth-order valence-electron chi connectivity index (χ4n) is 3.78. The van der Waals surface area contributed by atoms with E-state index in [9.17, 15) is 9.59 Å². The summed E-state index contributed by atoms with van der Waals surface area (Å²) >= 11 is 1.44. The minimum Gasteiger partial charge on any atom is -0.497 e. The molecule has 2 amide bonds. The number of amides is 2. The Bertz CT molecular complexity index is 888. The highest BCUT2D eigenvalue weighted by molar-refractivity contribution is 7.13. The van der Waals surface area contributed by atoms with E-state index in [4.69, 9.17) is 4.74 Å². The fraction of sp³-hybridized carbons (Fsp3) is 0.476. The third-order valence-corrected chi connectivity index (χ3v) is 6.67. The van der Waals surface area contributed by atoms with Crippen LogP contribution in [-0.2, 0) is 24.2 Å². The Labute approximate surface area is 180 Å². The van der Waals surface area contributed by atoms with Crippen molar-refractivity contribution in [2.75, 3.05) is 20.2 Å². The molecule has 2 unspecified atom stereocenters. The Morgan fingerprint density at radius 1 is 1.23 bits per heavy atom. The zero-order chi connectivity index (χ0) is 21.1. The molecule has 0 aliphatic carbocycles.